The quantitative estimate of drug-likeness (QED) is 0.635. The predicted molar refractivity (Wildman–Crippen MR) is 63.9 cm³/mol. The van der Waals surface area contributed by atoms with Gasteiger partial charge in [-0.05, 0) is 12.5 Å². The maximum atomic E-state index is 10.6. The van der Waals surface area contributed by atoms with Crippen molar-refractivity contribution in [2.75, 3.05) is 0 Å². The number of phenols is 1. The number of nitrogens with zero attached hydrogens (tertiary/aromatic N) is 2. The number of benzene rings is 1. The van der Waals surface area contributed by atoms with Crippen molar-refractivity contribution in [2.24, 2.45) is 5.73 Å². The van der Waals surface area contributed by atoms with Crippen molar-refractivity contribution < 1.29 is 10.0 Å². The molecule has 0 fully saturated rings. The number of phenolic OH excluding ortho intramolecular Hbond substituents is 1. The molecule has 0 aliphatic heterocycles. The van der Waals surface area contributed by atoms with Gasteiger partial charge in [-0.2, -0.15) is 5.26 Å². The Balaban J connectivity index is 0.00000256. The number of nitro groups is 1. The number of nitro benzene ring substituents is 1. The summed E-state index contributed by atoms with van der Waals surface area (Å²) in [6.07, 6.45) is 0.513. The van der Waals surface area contributed by atoms with Gasteiger partial charge in [0, 0.05) is 17.7 Å². The van der Waals surface area contributed by atoms with Gasteiger partial charge in [0.05, 0.1) is 16.6 Å². The first-order valence-electron chi connectivity index (χ1n) is 4.68. The van der Waals surface area contributed by atoms with E-state index in [9.17, 15) is 15.2 Å². The highest BCUT2D eigenvalue weighted by atomic mass is 35.5. The van der Waals surface area contributed by atoms with Gasteiger partial charge >= 0.3 is 5.69 Å². The van der Waals surface area contributed by atoms with E-state index in [-0.39, 0.29) is 23.5 Å². The zero-order chi connectivity index (χ0) is 12.3. The Labute approximate surface area is 104 Å². The molecule has 3 N–H and O–H groups in total. The van der Waals surface area contributed by atoms with Gasteiger partial charge in [0.25, 0.3) is 0 Å². The largest absolute Gasteiger partial charge is 0.502 e. The van der Waals surface area contributed by atoms with Gasteiger partial charge < -0.3 is 10.8 Å². The minimum atomic E-state index is -0.734. The molecule has 0 amide bonds. The number of rotatable bonds is 3. The summed E-state index contributed by atoms with van der Waals surface area (Å²) >= 11 is 0. The summed E-state index contributed by atoms with van der Waals surface area (Å²) in [6.45, 7) is 1.79. The van der Waals surface area contributed by atoms with Gasteiger partial charge in [-0.3, -0.25) is 10.1 Å². The fourth-order valence-electron chi connectivity index (χ4n) is 1.35. The van der Waals surface area contributed by atoms with Gasteiger partial charge in [0.15, 0.2) is 5.75 Å². The lowest BCUT2D eigenvalue weighted by molar-refractivity contribution is -0.386. The highest BCUT2D eigenvalue weighted by Crippen LogP contribution is 2.34. The van der Waals surface area contributed by atoms with Crippen molar-refractivity contribution in [1.29, 1.82) is 5.26 Å². The zero-order valence-electron chi connectivity index (χ0n) is 9.08. The van der Waals surface area contributed by atoms with Crippen LogP contribution in [0.25, 0.3) is 0 Å². The topological polar surface area (TPSA) is 113 Å². The standard InChI is InChI=1S/C10H11N3O3.ClH/c1-2-8(12)7-3-6(5-11)4-9(10(7)14)13(15)16;/h3-4,8,14H,2,12H2,1H3;1H/t8-;/m0./s1. The molecule has 1 aromatic carbocycles. The van der Waals surface area contributed by atoms with E-state index in [0.29, 0.717) is 6.42 Å². The average molecular weight is 258 g/mol. The molecule has 1 aromatic rings. The van der Waals surface area contributed by atoms with Gasteiger partial charge in [-0.1, -0.05) is 6.92 Å². The molecular formula is C10H12ClN3O3. The summed E-state index contributed by atoms with van der Waals surface area (Å²) in [5.41, 5.74) is 5.55. The lowest BCUT2D eigenvalue weighted by atomic mass is 10.0. The third kappa shape index (κ3) is 3.06. The second-order valence-electron chi connectivity index (χ2n) is 3.32. The van der Waals surface area contributed by atoms with Crippen LogP contribution in [0, 0.1) is 21.4 Å². The lowest BCUT2D eigenvalue weighted by Gasteiger charge is -2.11. The van der Waals surface area contributed by atoms with Crippen LogP contribution >= 0.6 is 12.4 Å². The second kappa shape index (κ2) is 6.03. The Morgan fingerprint density at radius 3 is 2.65 bits per heavy atom. The number of nitriles is 1. The summed E-state index contributed by atoms with van der Waals surface area (Å²) in [5, 5.41) is 29.0. The van der Waals surface area contributed by atoms with Crippen LogP contribution in [0.4, 0.5) is 5.69 Å². The van der Waals surface area contributed by atoms with E-state index in [2.05, 4.69) is 0 Å². The Bertz CT molecular complexity index is 471. The van der Waals surface area contributed by atoms with Gasteiger partial charge in [-0.15, -0.1) is 12.4 Å². The van der Waals surface area contributed by atoms with Crippen molar-refractivity contribution in [2.45, 2.75) is 19.4 Å². The van der Waals surface area contributed by atoms with Crippen LogP contribution in [0.15, 0.2) is 12.1 Å². The molecule has 17 heavy (non-hydrogen) atoms. The molecule has 0 heterocycles. The molecule has 0 radical (unpaired) electrons. The van der Waals surface area contributed by atoms with Gasteiger partial charge in [0.2, 0.25) is 0 Å². The Morgan fingerprint density at radius 2 is 2.24 bits per heavy atom. The molecule has 0 spiro atoms. The van der Waals surface area contributed by atoms with Crippen LogP contribution in [0.1, 0.15) is 30.5 Å². The van der Waals surface area contributed by atoms with Crippen molar-refractivity contribution in [3.8, 4) is 11.8 Å². The fourth-order valence-corrected chi connectivity index (χ4v) is 1.35. The number of halogens is 1. The van der Waals surface area contributed by atoms with Gasteiger partial charge in [0.1, 0.15) is 0 Å². The molecule has 0 unspecified atom stereocenters. The zero-order valence-corrected chi connectivity index (χ0v) is 9.90. The van der Waals surface area contributed by atoms with Crippen molar-refractivity contribution in [3.05, 3.63) is 33.4 Å². The monoisotopic (exact) mass is 257 g/mol. The van der Waals surface area contributed by atoms with Crippen molar-refractivity contribution in [3.63, 3.8) is 0 Å². The molecule has 1 rings (SSSR count). The molecule has 0 aliphatic carbocycles. The molecule has 92 valence electrons. The first kappa shape index (κ1) is 15.2. The second-order valence-corrected chi connectivity index (χ2v) is 3.32. The first-order valence-corrected chi connectivity index (χ1v) is 4.68. The number of hydrogen-bond acceptors (Lipinski definition) is 5. The van der Waals surface area contributed by atoms with E-state index in [0.717, 1.165) is 6.07 Å². The van der Waals surface area contributed by atoms with Crippen LogP contribution in [-0.2, 0) is 0 Å². The minimum absolute atomic E-state index is 0. The molecule has 0 aromatic heterocycles. The number of nitrogens with two attached hydrogens (primary N) is 1. The molecule has 0 saturated heterocycles. The van der Waals surface area contributed by atoms with Crippen LogP contribution in [0.2, 0.25) is 0 Å². The summed E-state index contributed by atoms with van der Waals surface area (Å²) in [4.78, 5) is 9.91. The Hall–Kier alpha value is -1.84. The SMILES string of the molecule is CC[C@H](N)c1cc(C#N)cc([N+](=O)[O-])c1O.Cl. The summed E-state index contributed by atoms with van der Waals surface area (Å²) in [7, 11) is 0. The lowest BCUT2D eigenvalue weighted by Crippen LogP contribution is -2.10. The van der Waals surface area contributed by atoms with E-state index in [1.165, 1.54) is 6.07 Å². The molecule has 0 saturated carbocycles. The van der Waals surface area contributed by atoms with E-state index in [1.807, 2.05) is 0 Å². The van der Waals surface area contributed by atoms with E-state index < -0.39 is 22.4 Å². The summed E-state index contributed by atoms with van der Waals surface area (Å²) < 4.78 is 0. The minimum Gasteiger partial charge on any atom is -0.502 e. The highest BCUT2D eigenvalue weighted by molar-refractivity contribution is 5.85. The summed E-state index contributed by atoms with van der Waals surface area (Å²) in [6, 6.07) is 3.68. The van der Waals surface area contributed by atoms with Crippen LogP contribution < -0.4 is 5.73 Å². The maximum Gasteiger partial charge on any atom is 0.312 e. The highest BCUT2D eigenvalue weighted by Gasteiger charge is 2.21. The molecule has 1 atom stereocenters. The van der Waals surface area contributed by atoms with Crippen molar-refractivity contribution in [1.82, 2.24) is 0 Å². The van der Waals surface area contributed by atoms with E-state index >= 15 is 0 Å². The fraction of sp³-hybridized carbons (Fsp3) is 0.300. The molecular weight excluding hydrogens is 246 g/mol. The van der Waals surface area contributed by atoms with Crippen LogP contribution in [-0.4, -0.2) is 10.0 Å². The molecule has 0 bridgehead atoms. The van der Waals surface area contributed by atoms with Crippen LogP contribution in [0.3, 0.4) is 0 Å². The third-order valence-electron chi connectivity index (χ3n) is 2.28. The van der Waals surface area contributed by atoms with E-state index in [4.69, 9.17) is 11.0 Å². The molecule has 6 nitrogen and oxygen atoms in total. The normalized spacial score (nSPS) is 11.1. The Kier molecular flexibility index (Phi) is 5.38. The van der Waals surface area contributed by atoms with Gasteiger partial charge in [-0.25, -0.2) is 0 Å². The molecule has 7 heteroatoms. The average Bonchev–Trinajstić information content (AvgIpc) is 2.28. The predicted octanol–water partition coefficient (Wildman–Crippen LogP) is 2.00. The smallest absolute Gasteiger partial charge is 0.312 e. The third-order valence-corrected chi connectivity index (χ3v) is 2.28. The maximum absolute atomic E-state index is 10.6. The first-order chi connectivity index (χ1) is 7.51. The van der Waals surface area contributed by atoms with Crippen molar-refractivity contribution >= 4 is 18.1 Å². The van der Waals surface area contributed by atoms with E-state index in [1.54, 1.807) is 13.0 Å². The molecule has 0 aliphatic rings. The summed E-state index contributed by atoms with van der Waals surface area (Å²) in [5.74, 6) is -0.460. The van der Waals surface area contributed by atoms with Crippen LogP contribution in [0.5, 0.6) is 5.75 Å². The Morgan fingerprint density at radius 1 is 1.65 bits per heavy atom. The number of aromatic hydroxyl groups is 1. The number of hydrogen-bond donors (Lipinski definition) is 2.